The van der Waals surface area contributed by atoms with Crippen LogP contribution in [0.2, 0.25) is 0 Å². The first-order valence-corrected chi connectivity index (χ1v) is 5.91. The molecule has 4 N–H and O–H groups in total. The number of halogens is 1. The molecule has 84 valence electrons. The number of nitrogens with two attached hydrogens (primary N) is 1. The summed E-state index contributed by atoms with van der Waals surface area (Å²) in [6.07, 6.45) is 2.11. The highest BCUT2D eigenvalue weighted by atomic mass is 79.9. The number of phenols is 1. The summed E-state index contributed by atoms with van der Waals surface area (Å²) in [5.41, 5.74) is 6.31. The molecule has 0 aliphatic carbocycles. The van der Waals surface area contributed by atoms with E-state index < -0.39 is 0 Å². The standard InChI is InChI=1S/C11H17BrN2O/c12-10-3-4-11(15)9(7-10)8-14-6-2-1-5-13/h3-4,7,14-15H,1-2,5-6,8,13H2. The van der Waals surface area contributed by atoms with E-state index in [1.165, 1.54) is 0 Å². The van der Waals surface area contributed by atoms with Gasteiger partial charge in [0.25, 0.3) is 0 Å². The van der Waals surface area contributed by atoms with Crippen molar-refractivity contribution in [2.24, 2.45) is 5.73 Å². The van der Waals surface area contributed by atoms with E-state index in [0.29, 0.717) is 12.3 Å². The Hall–Kier alpha value is -0.580. The van der Waals surface area contributed by atoms with Crippen molar-refractivity contribution in [1.82, 2.24) is 5.32 Å². The summed E-state index contributed by atoms with van der Waals surface area (Å²) in [7, 11) is 0. The molecule has 0 unspecified atom stereocenters. The van der Waals surface area contributed by atoms with Crippen molar-refractivity contribution in [2.75, 3.05) is 13.1 Å². The molecule has 15 heavy (non-hydrogen) atoms. The highest BCUT2D eigenvalue weighted by molar-refractivity contribution is 9.10. The molecule has 0 saturated heterocycles. The summed E-state index contributed by atoms with van der Waals surface area (Å²) in [5, 5.41) is 12.8. The molecule has 0 radical (unpaired) electrons. The van der Waals surface area contributed by atoms with Gasteiger partial charge in [-0.3, -0.25) is 0 Å². The minimum atomic E-state index is 0.338. The van der Waals surface area contributed by atoms with Gasteiger partial charge in [0, 0.05) is 16.6 Å². The van der Waals surface area contributed by atoms with Gasteiger partial charge in [0.2, 0.25) is 0 Å². The van der Waals surface area contributed by atoms with Gasteiger partial charge in [0.1, 0.15) is 5.75 Å². The Morgan fingerprint density at radius 1 is 1.33 bits per heavy atom. The molecule has 0 atom stereocenters. The maximum Gasteiger partial charge on any atom is 0.120 e. The summed E-state index contributed by atoms with van der Waals surface area (Å²) < 4.78 is 0.985. The van der Waals surface area contributed by atoms with E-state index >= 15 is 0 Å². The van der Waals surface area contributed by atoms with E-state index in [2.05, 4.69) is 21.2 Å². The molecule has 1 aromatic rings. The summed E-state index contributed by atoms with van der Waals surface area (Å²) in [5.74, 6) is 0.338. The Morgan fingerprint density at radius 3 is 2.87 bits per heavy atom. The van der Waals surface area contributed by atoms with E-state index in [1.54, 1.807) is 6.07 Å². The largest absolute Gasteiger partial charge is 0.508 e. The van der Waals surface area contributed by atoms with Crippen molar-refractivity contribution in [1.29, 1.82) is 0 Å². The highest BCUT2D eigenvalue weighted by Crippen LogP contribution is 2.21. The second kappa shape index (κ2) is 6.82. The van der Waals surface area contributed by atoms with Gasteiger partial charge >= 0.3 is 0 Å². The molecule has 3 nitrogen and oxygen atoms in total. The van der Waals surface area contributed by atoms with Crippen LogP contribution in [0.5, 0.6) is 5.75 Å². The predicted octanol–water partition coefficient (Wildman–Crippen LogP) is 1.98. The number of hydrogen-bond donors (Lipinski definition) is 3. The number of hydrogen-bond acceptors (Lipinski definition) is 3. The van der Waals surface area contributed by atoms with Crippen LogP contribution in [0.3, 0.4) is 0 Å². The molecule has 1 rings (SSSR count). The Balaban J connectivity index is 2.33. The van der Waals surface area contributed by atoms with E-state index in [9.17, 15) is 5.11 Å². The Labute approximate surface area is 98.8 Å². The molecule has 0 aromatic heterocycles. The fraction of sp³-hybridized carbons (Fsp3) is 0.455. The smallest absolute Gasteiger partial charge is 0.120 e. The second-order valence-electron chi connectivity index (χ2n) is 3.45. The van der Waals surface area contributed by atoms with Gasteiger partial charge in [0.05, 0.1) is 0 Å². The number of rotatable bonds is 6. The van der Waals surface area contributed by atoms with E-state index in [0.717, 1.165) is 36.0 Å². The van der Waals surface area contributed by atoms with Crippen LogP contribution in [-0.4, -0.2) is 18.2 Å². The zero-order valence-corrected chi connectivity index (χ0v) is 10.3. The van der Waals surface area contributed by atoms with Crippen molar-refractivity contribution in [2.45, 2.75) is 19.4 Å². The summed E-state index contributed by atoms with van der Waals surface area (Å²) in [4.78, 5) is 0. The van der Waals surface area contributed by atoms with Gasteiger partial charge in [-0.25, -0.2) is 0 Å². The minimum Gasteiger partial charge on any atom is -0.508 e. The first kappa shape index (κ1) is 12.5. The number of unbranched alkanes of at least 4 members (excludes halogenated alkanes) is 1. The van der Waals surface area contributed by atoms with Gasteiger partial charge in [-0.15, -0.1) is 0 Å². The number of benzene rings is 1. The molecule has 0 spiro atoms. The van der Waals surface area contributed by atoms with E-state index in [4.69, 9.17) is 5.73 Å². The summed E-state index contributed by atoms with van der Waals surface area (Å²) >= 11 is 3.37. The van der Waals surface area contributed by atoms with Crippen LogP contribution in [0.4, 0.5) is 0 Å². The molecule has 0 heterocycles. The topological polar surface area (TPSA) is 58.3 Å². The SMILES string of the molecule is NCCCCNCc1cc(Br)ccc1O. The average Bonchev–Trinajstić information content (AvgIpc) is 2.23. The molecular weight excluding hydrogens is 256 g/mol. The van der Waals surface area contributed by atoms with Gasteiger partial charge in [-0.2, -0.15) is 0 Å². The normalized spacial score (nSPS) is 10.5. The molecule has 0 amide bonds. The monoisotopic (exact) mass is 272 g/mol. The third kappa shape index (κ3) is 4.64. The number of phenolic OH excluding ortho intramolecular Hbond substituents is 1. The van der Waals surface area contributed by atoms with Gasteiger partial charge in [0.15, 0.2) is 0 Å². The average molecular weight is 273 g/mol. The van der Waals surface area contributed by atoms with Gasteiger partial charge in [-0.1, -0.05) is 15.9 Å². The van der Waals surface area contributed by atoms with Crippen LogP contribution in [0.15, 0.2) is 22.7 Å². The third-order valence-electron chi connectivity index (χ3n) is 2.16. The lowest BCUT2D eigenvalue weighted by molar-refractivity contribution is 0.464. The molecule has 0 fully saturated rings. The predicted molar refractivity (Wildman–Crippen MR) is 65.8 cm³/mol. The molecule has 0 bridgehead atoms. The van der Waals surface area contributed by atoms with Gasteiger partial charge < -0.3 is 16.2 Å². The van der Waals surface area contributed by atoms with Crippen molar-refractivity contribution >= 4 is 15.9 Å². The van der Waals surface area contributed by atoms with E-state index in [1.807, 2.05) is 12.1 Å². The molecule has 0 aliphatic rings. The number of aromatic hydroxyl groups is 1. The van der Waals surface area contributed by atoms with Crippen LogP contribution in [0, 0.1) is 0 Å². The lowest BCUT2D eigenvalue weighted by Crippen LogP contribution is -2.15. The van der Waals surface area contributed by atoms with E-state index in [-0.39, 0.29) is 0 Å². The second-order valence-corrected chi connectivity index (χ2v) is 4.36. The molecule has 0 aliphatic heterocycles. The lowest BCUT2D eigenvalue weighted by atomic mass is 10.2. The van der Waals surface area contributed by atoms with Crippen molar-refractivity contribution in [3.8, 4) is 5.75 Å². The van der Waals surface area contributed by atoms with Gasteiger partial charge in [-0.05, 0) is 44.1 Å². The Kier molecular flexibility index (Phi) is 5.68. The fourth-order valence-corrected chi connectivity index (χ4v) is 1.72. The number of nitrogens with one attached hydrogen (secondary N) is 1. The molecule has 4 heteroatoms. The van der Waals surface area contributed by atoms with Crippen molar-refractivity contribution in [3.63, 3.8) is 0 Å². The van der Waals surface area contributed by atoms with Crippen LogP contribution in [0.25, 0.3) is 0 Å². The Morgan fingerprint density at radius 2 is 2.13 bits per heavy atom. The molecule has 1 aromatic carbocycles. The van der Waals surface area contributed by atoms with Crippen molar-refractivity contribution in [3.05, 3.63) is 28.2 Å². The Bertz CT molecular complexity index is 305. The fourth-order valence-electron chi connectivity index (χ4n) is 1.31. The molecular formula is C11H17BrN2O. The van der Waals surface area contributed by atoms with Crippen molar-refractivity contribution < 1.29 is 5.11 Å². The first-order chi connectivity index (χ1) is 7.24. The quantitative estimate of drug-likeness (QED) is 0.695. The summed E-state index contributed by atoms with van der Waals surface area (Å²) in [6.45, 7) is 2.36. The van der Waals surface area contributed by atoms with Crippen LogP contribution < -0.4 is 11.1 Å². The maximum atomic E-state index is 9.56. The highest BCUT2D eigenvalue weighted by Gasteiger charge is 2.00. The third-order valence-corrected chi connectivity index (χ3v) is 2.66. The van der Waals surface area contributed by atoms with Crippen LogP contribution in [-0.2, 0) is 6.54 Å². The zero-order valence-electron chi connectivity index (χ0n) is 8.67. The molecule has 0 saturated carbocycles. The zero-order chi connectivity index (χ0) is 11.1. The summed E-state index contributed by atoms with van der Waals surface area (Å²) in [6, 6.07) is 5.44. The first-order valence-electron chi connectivity index (χ1n) is 5.12. The minimum absolute atomic E-state index is 0.338. The van der Waals surface area contributed by atoms with Crippen LogP contribution >= 0.6 is 15.9 Å². The maximum absolute atomic E-state index is 9.56. The van der Waals surface area contributed by atoms with Crippen LogP contribution in [0.1, 0.15) is 18.4 Å². The lowest BCUT2D eigenvalue weighted by Gasteiger charge is -2.06.